The number of hydrogen-bond donors (Lipinski definition) is 2. The van der Waals surface area contributed by atoms with Crippen LogP contribution in [0.4, 0.5) is 11.4 Å². The Balaban J connectivity index is 1.76. The first kappa shape index (κ1) is 17.3. The lowest BCUT2D eigenvalue weighted by molar-refractivity contribution is 0.102. The zero-order valence-electron chi connectivity index (χ0n) is 13.6. The predicted octanol–water partition coefficient (Wildman–Crippen LogP) is 2.01. The van der Waals surface area contributed by atoms with E-state index >= 15 is 0 Å². The highest BCUT2D eigenvalue weighted by atomic mass is 32.2. The maximum atomic E-state index is 12.9. The molecule has 3 aromatic rings. The molecule has 0 saturated carbocycles. The van der Waals surface area contributed by atoms with Gasteiger partial charge in [-0.2, -0.15) is 0 Å². The summed E-state index contributed by atoms with van der Waals surface area (Å²) in [5, 5.41) is 2.64. The molecule has 10 heteroatoms. The SMILES string of the molecule is O=C1Nc2cc(S(=O)(=O)Nc3cncnc3)ccc2S(=O)c2ccccc21. The van der Waals surface area contributed by atoms with E-state index in [-0.39, 0.29) is 21.8 Å². The number of carbonyl (C=O) groups is 1. The number of nitrogens with zero attached hydrogens (tertiary/aromatic N) is 2. The lowest BCUT2D eigenvalue weighted by Gasteiger charge is -2.11. The summed E-state index contributed by atoms with van der Waals surface area (Å²) >= 11 is 0. The van der Waals surface area contributed by atoms with Gasteiger partial charge in [0, 0.05) is 0 Å². The lowest BCUT2D eigenvalue weighted by atomic mass is 10.2. The summed E-state index contributed by atoms with van der Waals surface area (Å²) in [7, 11) is -5.56. The Morgan fingerprint density at radius 1 is 1.00 bits per heavy atom. The highest BCUT2D eigenvalue weighted by Crippen LogP contribution is 2.32. The zero-order valence-corrected chi connectivity index (χ0v) is 15.3. The number of rotatable bonds is 3. The highest BCUT2D eigenvalue weighted by Gasteiger charge is 2.26. The quantitative estimate of drug-likeness (QED) is 0.694. The first-order chi connectivity index (χ1) is 13.0. The smallest absolute Gasteiger partial charge is 0.262 e. The number of nitrogens with one attached hydrogen (secondary N) is 2. The molecule has 0 spiro atoms. The van der Waals surface area contributed by atoms with E-state index in [0.29, 0.717) is 9.79 Å². The fourth-order valence-electron chi connectivity index (χ4n) is 2.63. The third-order valence-corrected chi connectivity index (χ3v) is 6.74. The van der Waals surface area contributed by atoms with Crippen LogP contribution in [0.5, 0.6) is 0 Å². The normalized spacial score (nSPS) is 15.9. The van der Waals surface area contributed by atoms with Crippen LogP contribution in [0, 0.1) is 0 Å². The fraction of sp³-hybridized carbons (Fsp3) is 0. The highest BCUT2D eigenvalue weighted by molar-refractivity contribution is 7.92. The van der Waals surface area contributed by atoms with E-state index in [1.165, 1.54) is 36.9 Å². The zero-order chi connectivity index (χ0) is 19.0. The molecular formula is C17H12N4O4S2. The Labute approximate surface area is 157 Å². The first-order valence-corrected chi connectivity index (χ1v) is 10.3. The van der Waals surface area contributed by atoms with Gasteiger partial charge in [0.05, 0.1) is 54.8 Å². The molecule has 4 rings (SSSR count). The number of hydrogen-bond acceptors (Lipinski definition) is 6. The van der Waals surface area contributed by atoms with Crippen LogP contribution in [0.3, 0.4) is 0 Å². The van der Waals surface area contributed by atoms with E-state index in [1.54, 1.807) is 24.3 Å². The van der Waals surface area contributed by atoms with Gasteiger partial charge in [-0.1, -0.05) is 12.1 Å². The molecule has 136 valence electrons. The van der Waals surface area contributed by atoms with Crippen molar-refractivity contribution in [3.63, 3.8) is 0 Å². The average Bonchev–Trinajstić information content (AvgIpc) is 2.77. The number of carbonyl (C=O) groups excluding carboxylic acids is 1. The molecule has 0 saturated heterocycles. The maximum absolute atomic E-state index is 12.9. The number of fused-ring (bicyclic) bond motifs is 2. The molecule has 1 aliphatic rings. The van der Waals surface area contributed by atoms with Crippen molar-refractivity contribution in [1.82, 2.24) is 9.97 Å². The van der Waals surface area contributed by atoms with Gasteiger partial charge in [-0.05, 0) is 30.3 Å². The summed E-state index contributed by atoms with van der Waals surface area (Å²) in [4.78, 5) is 20.6. The average molecular weight is 400 g/mol. The van der Waals surface area contributed by atoms with Crippen LogP contribution in [0.15, 0.2) is 75.9 Å². The van der Waals surface area contributed by atoms with Gasteiger partial charge in [-0.3, -0.25) is 9.52 Å². The lowest BCUT2D eigenvalue weighted by Crippen LogP contribution is -2.15. The molecule has 0 fully saturated rings. The molecule has 1 aliphatic heterocycles. The molecule has 1 amide bonds. The Kier molecular flexibility index (Phi) is 4.21. The molecule has 2 aromatic carbocycles. The summed E-state index contributed by atoms with van der Waals surface area (Å²) in [6.45, 7) is 0. The number of anilines is 2. The molecule has 2 heterocycles. The minimum Gasteiger partial charge on any atom is -0.321 e. The van der Waals surface area contributed by atoms with E-state index in [2.05, 4.69) is 20.0 Å². The third-order valence-electron chi connectivity index (χ3n) is 3.85. The Bertz CT molecular complexity index is 1180. The van der Waals surface area contributed by atoms with Crippen LogP contribution < -0.4 is 10.0 Å². The standard InChI is InChI=1S/C17H12N4O4S2/c22-17-13-3-1-2-4-15(13)26(23)16-6-5-12(7-14(16)20-17)27(24,25)21-11-8-18-10-19-9-11/h1-10,21H,(H,20,22). The first-order valence-electron chi connectivity index (χ1n) is 7.70. The van der Waals surface area contributed by atoms with Crippen LogP contribution in [0.2, 0.25) is 0 Å². The van der Waals surface area contributed by atoms with Gasteiger partial charge < -0.3 is 5.32 Å². The van der Waals surface area contributed by atoms with E-state index in [4.69, 9.17) is 0 Å². The van der Waals surface area contributed by atoms with Crippen molar-refractivity contribution in [1.29, 1.82) is 0 Å². The molecule has 0 radical (unpaired) electrons. The van der Waals surface area contributed by atoms with Gasteiger partial charge in [0.1, 0.15) is 6.33 Å². The summed E-state index contributed by atoms with van der Waals surface area (Å²) in [5.41, 5.74) is 0.671. The number of benzene rings is 2. The summed E-state index contributed by atoms with van der Waals surface area (Å²) in [5.74, 6) is -0.448. The second kappa shape index (κ2) is 6.56. The molecule has 1 aromatic heterocycles. The van der Waals surface area contributed by atoms with Crippen molar-refractivity contribution in [3.05, 3.63) is 66.7 Å². The van der Waals surface area contributed by atoms with Crippen molar-refractivity contribution in [2.45, 2.75) is 14.7 Å². The molecular weight excluding hydrogens is 388 g/mol. The summed E-state index contributed by atoms with van der Waals surface area (Å²) in [6, 6.07) is 10.6. The number of aromatic nitrogens is 2. The predicted molar refractivity (Wildman–Crippen MR) is 98.4 cm³/mol. The van der Waals surface area contributed by atoms with Gasteiger partial charge in [-0.15, -0.1) is 0 Å². The molecule has 27 heavy (non-hydrogen) atoms. The summed E-state index contributed by atoms with van der Waals surface area (Å²) < 4.78 is 40.4. The largest absolute Gasteiger partial charge is 0.321 e. The topological polar surface area (TPSA) is 118 Å². The van der Waals surface area contributed by atoms with Crippen LogP contribution in [0.25, 0.3) is 0 Å². The van der Waals surface area contributed by atoms with E-state index < -0.39 is 26.7 Å². The molecule has 1 atom stereocenters. The van der Waals surface area contributed by atoms with Gasteiger partial charge >= 0.3 is 0 Å². The van der Waals surface area contributed by atoms with Gasteiger partial charge in [0.2, 0.25) is 0 Å². The maximum Gasteiger partial charge on any atom is 0.262 e. The van der Waals surface area contributed by atoms with Gasteiger partial charge in [0.25, 0.3) is 15.9 Å². The van der Waals surface area contributed by atoms with Crippen LogP contribution in [-0.4, -0.2) is 28.5 Å². The fourth-order valence-corrected chi connectivity index (χ4v) is 4.98. The van der Waals surface area contributed by atoms with Gasteiger partial charge in [-0.25, -0.2) is 22.6 Å². The van der Waals surface area contributed by atoms with Crippen LogP contribution >= 0.6 is 0 Å². The van der Waals surface area contributed by atoms with E-state index in [1.807, 2.05) is 0 Å². The molecule has 8 nitrogen and oxygen atoms in total. The Morgan fingerprint density at radius 2 is 1.74 bits per heavy atom. The Morgan fingerprint density at radius 3 is 2.52 bits per heavy atom. The molecule has 2 N–H and O–H groups in total. The summed E-state index contributed by atoms with van der Waals surface area (Å²) in [6.07, 6.45) is 3.92. The van der Waals surface area contributed by atoms with E-state index in [9.17, 15) is 17.4 Å². The number of sulfonamides is 1. The molecule has 1 unspecified atom stereocenters. The van der Waals surface area contributed by atoms with Crippen molar-refractivity contribution in [3.8, 4) is 0 Å². The third kappa shape index (κ3) is 3.20. The van der Waals surface area contributed by atoms with Gasteiger partial charge in [0.15, 0.2) is 0 Å². The van der Waals surface area contributed by atoms with Crippen molar-refractivity contribution < 1.29 is 17.4 Å². The van der Waals surface area contributed by atoms with Crippen molar-refractivity contribution in [2.75, 3.05) is 10.0 Å². The van der Waals surface area contributed by atoms with E-state index in [0.717, 1.165) is 0 Å². The minimum absolute atomic E-state index is 0.0895. The van der Waals surface area contributed by atoms with Crippen molar-refractivity contribution >= 4 is 38.1 Å². The number of amides is 1. The second-order valence-electron chi connectivity index (χ2n) is 5.61. The minimum atomic E-state index is -3.94. The molecule has 0 aliphatic carbocycles. The monoisotopic (exact) mass is 400 g/mol. The Hall–Kier alpha value is -3.11. The second-order valence-corrected chi connectivity index (χ2v) is 8.71. The van der Waals surface area contributed by atoms with Crippen LogP contribution in [0.1, 0.15) is 10.4 Å². The van der Waals surface area contributed by atoms with Crippen molar-refractivity contribution in [2.24, 2.45) is 0 Å². The van der Waals surface area contributed by atoms with Crippen LogP contribution in [-0.2, 0) is 20.8 Å². The molecule has 0 bridgehead atoms.